The summed E-state index contributed by atoms with van der Waals surface area (Å²) in [4.78, 5) is 34.8. The fourth-order valence-electron chi connectivity index (χ4n) is 2.10. The number of ether oxygens (including phenoxy) is 1. The quantitative estimate of drug-likeness (QED) is 0.636. The first-order valence-corrected chi connectivity index (χ1v) is 7.17. The van der Waals surface area contributed by atoms with E-state index in [1.807, 2.05) is 0 Å². The second kappa shape index (κ2) is 7.40. The summed E-state index contributed by atoms with van der Waals surface area (Å²) in [5.74, 6) is -2.28. The van der Waals surface area contributed by atoms with Crippen LogP contribution in [-0.2, 0) is 19.1 Å². The van der Waals surface area contributed by atoms with Crippen LogP contribution in [0.4, 0.5) is 0 Å². The molecule has 1 heterocycles. The number of hydrogen-bond acceptors (Lipinski definition) is 5. The van der Waals surface area contributed by atoms with Crippen molar-refractivity contribution in [3.8, 4) is 0 Å². The highest BCUT2D eigenvalue weighted by molar-refractivity contribution is 5.89. The van der Waals surface area contributed by atoms with Gasteiger partial charge in [-0.05, 0) is 40.2 Å². The molecule has 1 saturated heterocycles. The highest BCUT2D eigenvalue weighted by Gasteiger charge is 2.29. The van der Waals surface area contributed by atoms with Gasteiger partial charge in [0.25, 0.3) is 0 Å². The van der Waals surface area contributed by atoms with Gasteiger partial charge in [-0.3, -0.25) is 9.59 Å². The van der Waals surface area contributed by atoms with Crippen LogP contribution in [0.2, 0.25) is 0 Å². The van der Waals surface area contributed by atoms with Crippen LogP contribution < -0.4 is 10.6 Å². The fraction of sp³-hybridized carbons (Fsp3) is 0.786. The summed E-state index contributed by atoms with van der Waals surface area (Å²) >= 11 is 0. The van der Waals surface area contributed by atoms with Gasteiger partial charge in [0, 0.05) is 0 Å². The Hall–Kier alpha value is -1.63. The molecule has 0 bridgehead atoms. The van der Waals surface area contributed by atoms with E-state index in [1.54, 1.807) is 20.8 Å². The van der Waals surface area contributed by atoms with E-state index in [-0.39, 0.29) is 18.4 Å². The maximum absolute atomic E-state index is 12.0. The van der Waals surface area contributed by atoms with Crippen LogP contribution >= 0.6 is 0 Å². The predicted molar refractivity (Wildman–Crippen MR) is 75.7 cm³/mol. The van der Waals surface area contributed by atoms with Crippen LogP contribution in [0, 0.1) is 0 Å². The molecule has 0 aromatic carbocycles. The van der Waals surface area contributed by atoms with E-state index in [1.165, 1.54) is 0 Å². The van der Waals surface area contributed by atoms with Crippen LogP contribution in [0.3, 0.4) is 0 Å². The first kappa shape index (κ1) is 17.4. The third-order valence-electron chi connectivity index (χ3n) is 3.03. The highest BCUT2D eigenvalue weighted by atomic mass is 16.6. The molecule has 0 aromatic rings. The highest BCUT2D eigenvalue weighted by Crippen LogP contribution is 2.11. The number of piperidine rings is 1. The molecule has 1 fully saturated rings. The molecule has 2 atom stereocenters. The maximum Gasteiger partial charge on any atom is 0.326 e. The van der Waals surface area contributed by atoms with Crippen molar-refractivity contribution in [2.75, 3.05) is 6.54 Å². The summed E-state index contributed by atoms with van der Waals surface area (Å²) in [6.07, 6.45) is 2.22. The number of hydrogen-bond donors (Lipinski definition) is 3. The summed E-state index contributed by atoms with van der Waals surface area (Å²) < 4.78 is 5.08. The lowest BCUT2D eigenvalue weighted by Crippen LogP contribution is -2.52. The van der Waals surface area contributed by atoms with E-state index >= 15 is 0 Å². The maximum atomic E-state index is 12.0. The van der Waals surface area contributed by atoms with Crippen molar-refractivity contribution >= 4 is 17.8 Å². The van der Waals surface area contributed by atoms with Crippen molar-refractivity contribution in [1.82, 2.24) is 10.6 Å². The molecule has 3 N–H and O–H groups in total. The summed E-state index contributed by atoms with van der Waals surface area (Å²) in [6, 6.07) is -1.66. The van der Waals surface area contributed by atoms with Crippen molar-refractivity contribution in [2.24, 2.45) is 0 Å². The Morgan fingerprint density at radius 3 is 2.48 bits per heavy atom. The molecule has 1 aliphatic rings. The van der Waals surface area contributed by atoms with Gasteiger partial charge in [0.05, 0.1) is 12.5 Å². The minimum absolute atomic E-state index is 0.384. The van der Waals surface area contributed by atoms with Crippen LogP contribution in [-0.4, -0.2) is 47.2 Å². The first-order valence-electron chi connectivity index (χ1n) is 7.17. The molecule has 0 aliphatic carbocycles. The number of carboxylic acid groups (broad SMARTS) is 1. The largest absolute Gasteiger partial charge is 0.480 e. The molecular formula is C14H24N2O5. The molecule has 0 aromatic heterocycles. The van der Waals surface area contributed by atoms with Gasteiger partial charge in [-0.2, -0.15) is 0 Å². The molecule has 0 saturated carbocycles. The summed E-state index contributed by atoms with van der Waals surface area (Å²) in [5.41, 5.74) is -0.685. The number of carbonyl (C=O) groups excluding carboxylic acids is 2. The lowest BCUT2D eigenvalue weighted by molar-refractivity contribution is -0.158. The predicted octanol–water partition coefficient (Wildman–Crippen LogP) is 0.430. The topological polar surface area (TPSA) is 105 Å². The van der Waals surface area contributed by atoms with Gasteiger partial charge in [-0.25, -0.2) is 4.79 Å². The van der Waals surface area contributed by atoms with Crippen LogP contribution in [0.5, 0.6) is 0 Å². The SMILES string of the molecule is CC(C)(C)OC(=O)C[C@H](NC(=O)[C@H]1CCCCN1)C(=O)O. The van der Waals surface area contributed by atoms with Gasteiger partial charge < -0.3 is 20.5 Å². The number of carboxylic acids is 1. The molecule has 1 aliphatic heterocycles. The third-order valence-corrected chi connectivity index (χ3v) is 3.03. The Kier molecular flexibility index (Phi) is 6.14. The Balaban J connectivity index is 2.55. The molecule has 120 valence electrons. The van der Waals surface area contributed by atoms with Crippen LogP contribution in [0.1, 0.15) is 46.5 Å². The van der Waals surface area contributed by atoms with Gasteiger partial charge >= 0.3 is 11.9 Å². The smallest absolute Gasteiger partial charge is 0.326 e. The number of esters is 1. The molecule has 1 rings (SSSR count). The number of rotatable bonds is 5. The molecule has 0 radical (unpaired) electrons. The Morgan fingerprint density at radius 2 is 2.00 bits per heavy atom. The second-order valence-corrected chi connectivity index (χ2v) is 6.19. The molecule has 1 amide bonds. The average molecular weight is 300 g/mol. The van der Waals surface area contributed by atoms with Gasteiger partial charge in [0.15, 0.2) is 0 Å². The molecule has 7 heteroatoms. The van der Waals surface area contributed by atoms with Crippen LogP contribution in [0.15, 0.2) is 0 Å². The zero-order valence-electron chi connectivity index (χ0n) is 12.8. The third kappa shape index (κ3) is 6.57. The summed E-state index contributed by atoms with van der Waals surface area (Å²) in [7, 11) is 0. The normalized spacial score (nSPS) is 20.4. The van der Waals surface area contributed by atoms with Crippen molar-refractivity contribution in [3.63, 3.8) is 0 Å². The fourth-order valence-corrected chi connectivity index (χ4v) is 2.10. The lowest BCUT2D eigenvalue weighted by Gasteiger charge is -2.25. The minimum Gasteiger partial charge on any atom is -0.480 e. The summed E-state index contributed by atoms with van der Waals surface area (Å²) in [6.45, 7) is 5.84. The van der Waals surface area contributed by atoms with Gasteiger partial charge in [-0.1, -0.05) is 6.42 Å². The molecule has 0 unspecified atom stereocenters. The lowest BCUT2D eigenvalue weighted by atomic mass is 10.0. The Labute approximate surface area is 124 Å². The first-order chi connectivity index (χ1) is 9.69. The van der Waals surface area contributed by atoms with E-state index in [4.69, 9.17) is 9.84 Å². The Bertz CT molecular complexity index is 397. The number of carbonyl (C=O) groups is 3. The minimum atomic E-state index is -1.27. The van der Waals surface area contributed by atoms with Crippen molar-refractivity contribution < 1.29 is 24.2 Å². The summed E-state index contributed by atoms with van der Waals surface area (Å²) in [5, 5.41) is 14.6. The number of amides is 1. The van der Waals surface area contributed by atoms with Gasteiger partial charge in [0.2, 0.25) is 5.91 Å². The molecule has 7 nitrogen and oxygen atoms in total. The average Bonchev–Trinajstić information content (AvgIpc) is 2.36. The van der Waals surface area contributed by atoms with E-state index in [0.29, 0.717) is 6.42 Å². The van der Waals surface area contributed by atoms with E-state index in [0.717, 1.165) is 19.4 Å². The molecule has 0 spiro atoms. The zero-order chi connectivity index (χ0) is 16.0. The van der Waals surface area contributed by atoms with E-state index in [2.05, 4.69) is 10.6 Å². The van der Waals surface area contributed by atoms with E-state index in [9.17, 15) is 14.4 Å². The van der Waals surface area contributed by atoms with Gasteiger partial charge in [0.1, 0.15) is 11.6 Å². The standard InChI is InChI=1S/C14H24N2O5/c1-14(2,3)21-11(17)8-10(13(19)20)16-12(18)9-6-4-5-7-15-9/h9-10,15H,4-8H2,1-3H3,(H,16,18)(H,19,20)/t9-,10+/m1/s1. The molecule has 21 heavy (non-hydrogen) atoms. The zero-order valence-corrected chi connectivity index (χ0v) is 12.8. The number of nitrogens with one attached hydrogen (secondary N) is 2. The monoisotopic (exact) mass is 300 g/mol. The van der Waals surface area contributed by atoms with Gasteiger partial charge in [-0.15, -0.1) is 0 Å². The van der Waals surface area contributed by atoms with Crippen molar-refractivity contribution in [1.29, 1.82) is 0 Å². The molecular weight excluding hydrogens is 276 g/mol. The van der Waals surface area contributed by atoms with Crippen molar-refractivity contribution in [2.45, 2.75) is 64.1 Å². The van der Waals surface area contributed by atoms with Crippen LogP contribution in [0.25, 0.3) is 0 Å². The second-order valence-electron chi connectivity index (χ2n) is 6.19. The van der Waals surface area contributed by atoms with E-state index < -0.39 is 23.6 Å². The Morgan fingerprint density at radius 1 is 1.33 bits per heavy atom. The van der Waals surface area contributed by atoms with Crippen molar-refractivity contribution in [3.05, 3.63) is 0 Å². The number of aliphatic carboxylic acids is 1.